The van der Waals surface area contributed by atoms with Crippen LogP contribution >= 0.6 is 0 Å². The molecule has 34 heavy (non-hydrogen) atoms. The highest BCUT2D eigenvalue weighted by atomic mass is 19.1. The number of para-hydroxylation sites is 1. The number of ether oxygens (including phenoxy) is 2. The average Bonchev–Trinajstić information content (AvgIpc) is 2.86. The van der Waals surface area contributed by atoms with Crippen molar-refractivity contribution in [3.8, 4) is 5.75 Å². The van der Waals surface area contributed by atoms with Crippen LogP contribution in [0.15, 0.2) is 72.8 Å². The monoisotopic (exact) mass is 462 g/mol. The lowest BCUT2D eigenvalue weighted by Gasteiger charge is -2.12. The van der Waals surface area contributed by atoms with Crippen molar-refractivity contribution in [2.45, 2.75) is 51.4 Å². The normalized spacial score (nSPS) is 10.6. The molecule has 4 nitrogen and oxygen atoms in total. The zero-order valence-electron chi connectivity index (χ0n) is 19.6. The number of carbonyl (C=O) groups excluding carboxylic acids is 2. The molecule has 0 aromatic heterocycles. The zero-order chi connectivity index (χ0) is 24.2. The third-order valence-electron chi connectivity index (χ3n) is 5.79. The first-order valence-corrected chi connectivity index (χ1v) is 11.8. The van der Waals surface area contributed by atoms with Crippen LogP contribution in [0.25, 0.3) is 0 Å². The molecule has 0 saturated carbocycles. The number of hydrogen-bond acceptors (Lipinski definition) is 4. The minimum Gasteiger partial charge on any atom is -0.465 e. The molecule has 0 aliphatic heterocycles. The molecule has 0 atom stereocenters. The highest BCUT2D eigenvalue weighted by Gasteiger charge is 2.21. The summed E-state index contributed by atoms with van der Waals surface area (Å²) in [5.41, 5.74) is 2.12. The average molecular weight is 463 g/mol. The molecule has 0 heterocycles. The van der Waals surface area contributed by atoms with Gasteiger partial charge >= 0.3 is 11.9 Å². The molecule has 3 aromatic carbocycles. The largest absolute Gasteiger partial charge is 0.465 e. The molecule has 0 spiro atoms. The predicted octanol–water partition coefficient (Wildman–Crippen LogP) is 6.96. The van der Waals surface area contributed by atoms with Gasteiger partial charge < -0.3 is 9.47 Å². The standard InChI is InChI=1S/C29H31FO4/c1-33-28(31)25-20-19-24(30)21-26(25)29(32)34-27-18-12-11-17-23(27)16-10-5-3-2-4-7-13-22-14-8-6-9-15-22/h6,8-9,11-12,14-15,17-21H,2-5,7,10,13,16H2,1H3. The third-order valence-corrected chi connectivity index (χ3v) is 5.79. The summed E-state index contributed by atoms with van der Waals surface area (Å²) in [6.45, 7) is 0. The van der Waals surface area contributed by atoms with Crippen LogP contribution in [-0.2, 0) is 17.6 Å². The lowest BCUT2D eigenvalue weighted by atomic mass is 10.0. The highest BCUT2D eigenvalue weighted by Crippen LogP contribution is 2.23. The van der Waals surface area contributed by atoms with Crippen molar-refractivity contribution in [3.63, 3.8) is 0 Å². The summed E-state index contributed by atoms with van der Waals surface area (Å²) in [4.78, 5) is 24.7. The molecule has 0 aliphatic carbocycles. The second kappa shape index (κ2) is 13.3. The molecule has 3 rings (SSSR count). The Hall–Kier alpha value is -3.47. The van der Waals surface area contributed by atoms with E-state index in [-0.39, 0.29) is 11.1 Å². The van der Waals surface area contributed by atoms with E-state index in [9.17, 15) is 14.0 Å². The van der Waals surface area contributed by atoms with Crippen LogP contribution in [0, 0.1) is 5.82 Å². The Balaban J connectivity index is 1.47. The van der Waals surface area contributed by atoms with Gasteiger partial charge in [0.25, 0.3) is 0 Å². The number of esters is 2. The number of halogens is 1. The molecule has 0 N–H and O–H groups in total. The molecule has 3 aromatic rings. The fraction of sp³-hybridized carbons (Fsp3) is 0.310. The van der Waals surface area contributed by atoms with Crippen LogP contribution in [0.5, 0.6) is 5.75 Å². The maximum Gasteiger partial charge on any atom is 0.344 e. The number of benzene rings is 3. The number of aryl methyl sites for hydroxylation is 2. The van der Waals surface area contributed by atoms with Gasteiger partial charge in [-0.05, 0) is 61.1 Å². The summed E-state index contributed by atoms with van der Waals surface area (Å²) in [5.74, 6) is -1.71. The van der Waals surface area contributed by atoms with Crippen molar-refractivity contribution in [3.05, 3.63) is 101 Å². The summed E-state index contributed by atoms with van der Waals surface area (Å²) in [7, 11) is 1.21. The molecule has 0 bridgehead atoms. The quantitative estimate of drug-likeness (QED) is 0.166. The van der Waals surface area contributed by atoms with Gasteiger partial charge in [-0.3, -0.25) is 0 Å². The first-order chi connectivity index (χ1) is 16.6. The minimum absolute atomic E-state index is 0.0290. The fourth-order valence-electron chi connectivity index (χ4n) is 3.93. The van der Waals surface area contributed by atoms with Crippen molar-refractivity contribution in [1.29, 1.82) is 0 Å². The Morgan fingerprint density at radius 3 is 2.09 bits per heavy atom. The molecular formula is C29H31FO4. The van der Waals surface area contributed by atoms with Gasteiger partial charge in [0.15, 0.2) is 0 Å². The first-order valence-electron chi connectivity index (χ1n) is 11.8. The van der Waals surface area contributed by atoms with Gasteiger partial charge in [-0.15, -0.1) is 0 Å². The number of carbonyl (C=O) groups is 2. The van der Waals surface area contributed by atoms with Crippen LogP contribution in [-0.4, -0.2) is 19.0 Å². The van der Waals surface area contributed by atoms with Crippen LogP contribution in [0.1, 0.15) is 70.4 Å². The van der Waals surface area contributed by atoms with Crippen LogP contribution in [0.2, 0.25) is 0 Å². The third kappa shape index (κ3) is 7.55. The summed E-state index contributed by atoms with van der Waals surface area (Å²) < 4.78 is 24.0. The number of rotatable bonds is 12. The van der Waals surface area contributed by atoms with Gasteiger partial charge in [0.2, 0.25) is 0 Å². The van der Waals surface area contributed by atoms with E-state index < -0.39 is 17.8 Å². The maximum atomic E-state index is 13.7. The van der Waals surface area contributed by atoms with Gasteiger partial charge in [-0.1, -0.05) is 74.2 Å². The SMILES string of the molecule is COC(=O)c1ccc(F)cc1C(=O)Oc1ccccc1CCCCCCCCc1ccccc1. The van der Waals surface area contributed by atoms with Crippen molar-refractivity contribution < 1.29 is 23.5 Å². The molecule has 178 valence electrons. The molecule has 0 amide bonds. The van der Waals surface area contributed by atoms with E-state index in [0.29, 0.717) is 5.75 Å². The molecule has 5 heteroatoms. The van der Waals surface area contributed by atoms with E-state index in [4.69, 9.17) is 9.47 Å². The molecule has 0 radical (unpaired) electrons. The fourth-order valence-corrected chi connectivity index (χ4v) is 3.93. The van der Waals surface area contributed by atoms with E-state index in [2.05, 4.69) is 24.3 Å². The van der Waals surface area contributed by atoms with Crippen LogP contribution in [0.3, 0.4) is 0 Å². The van der Waals surface area contributed by atoms with E-state index >= 15 is 0 Å². The van der Waals surface area contributed by atoms with Crippen molar-refractivity contribution >= 4 is 11.9 Å². The van der Waals surface area contributed by atoms with Gasteiger partial charge in [-0.2, -0.15) is 0 Å². The zero-order valence-corrected chi connectivity index (χ0v) is 19.6. The number of unbranched alkanes of at least 4 members (excludes halogenated alkanes) is 5. The lowest BCUT2D eigenvalue weighted by molar-refractivity contribution is 0.0587. The maximum absolute atomic E-state index is 13.7. The Morgan fingerprint density at radius 2 is 1.35 bits per heavy atom. The van der Waals surface area contributed by atoms with Crippen LogP contribution < -0.4 is 4.74 Å². The Bertz CT molecular complexity index is 1080. The van der Waals surface area contributed by atoms with Gasteiger partial charge in [0.05, 0.1) is 18.2 Å². The van der Waals surface area contributed by atoms with Gasteiger partial charge in [-0.25, -0.2) is 14.0 Å². The second-order valence-electron chi connectivity index (χ2n) is 8.29. The van der Waals surface area contributed by atoms with Crippen LogP contribution in [0.4, 0.5) is 4.39 Å². The Labute approximate surface area is 200 Å². The summed E-state index contributed by atoms with van der Waals surface area (Å²) in [6.07, 6.45) is 8.80. The topological polar surface area (TPSA) is 52.6 Å². The van der Waals surface area contributed by atoms with E-state index in [0.717, 1.165) is 43.4 Å². The van der Waals surface area contributed by atoms with E-state index in [1.54, 1.807) is 12.1 Å². The Kier molecular flexibility index (Phi) is 9.83. The molecule has 0 aliphatic rings. The smallest absolute Gasteiger partial charge is 0.344 e. The number of methoxy groups -OCH3 is 1. The summed E-state index contributed by atoms with van der Waals surface area (Å²) >= 11 is 0. The van der Waals surface area contributed by atoms with Crippen molar-refractivity contribution in [2.75, 3.05) is 7.11 Å². The van der Waals surface area contributed by atoms with Crippen molar-refractivity contribution in [2.24, 2.45) is 0 Å². The number of hydrogen-bond donors (Lipinski definition) is 0. The summed E-state index contributed by atoms with van der Waals surface area (Å²) in [5, 5.41) is 0. The molecular weight excluding hydrogens is 431 g/mol. The highest BCUT2D eigenvalue weighted by molar-refractivity contribution is 6.03. The Morgan fingerprint density at radius 1 is 0.706 bits per heavy atom. The van der Waals surface area contributed by atoms with Gasteiger partial charge in [0.1, 0.15) is 11.6 Å². The second-order valence-corrected chi connectivity index (χ2v) is 8.29. The first kappa shape index (κ1) is 25.2. The molecule has 0 saturated heterocycles. The van der Waals surface area contributed by atoms with Gasteiger partial charge in [0, 0.05) is 0 Å². The van der Waals surface area contributed by atoms with E-state index in [1.807, 2.05) is 18.2 Å². The summed E-state index contributed by atoms with van der Waals surface area (Å²) in [6, 6.07) is 21.2. The molecule has 0 fully saturated rings. The lowest BCUT2D eigenvalue weighted by Crippen LogP contribution is -2.16. The van der Waals surface area contributed by atoms with Crippen molar-refractivity contribution in [1.82, 2.24) is 0 Å². The molecule has 0 unspecified atom stereocenters. The minimum atomic E-state index is -0.786. The predicted molar refractivity (Wildman–Crippen MR) is 131 cm³/mol. The van der Waals surface area contributed by atoms with E-state index in [1.165, 1.54) is 44.4 Å².